The fraction of sp³-hybridized carbons (Fsp3) is 0.444. The zero-order valence-electron chi connectivity index (χ0n) is 13.0. The Labute approximate surface area is 135 Å². The largest absolute Gasteiger partial charge is 0.388 e. The molecule has 2 amide bonds. The van der Waals surface area contributed by atoms with E-state index >= 15 is 0 Å². The molecule has 5 nitrogen and oxygen atoms in total. The predicted molar refractivity (Wildman–Crippen MR) is 87.8 cm³/mol. The van der Waals surface area contributed by atoms with Crippen molar-refractivity contribution in [2.75, 3.05) is 6.54 Å². The first-order valence-electron chi connectivity index (χ1n) is 8.13. The van der Waals surface area contributed by atoms with Gasteiger partial charge >= 0.3 is 0 Å². The van der Waals surface area contributed by atoms with Crippen molar-refractivity contribution in [1.82, 2.24) is 10.6 Å². The number of hydrogen-bond donors (Lipinski definition) is 3. The quantitative estimate of drug-likeness (QED) is 0.698. The van der Waals surface area contributed by atoms with Crippen LogP contribution in [0.5, 0.6) is 0 Å². The van der Waals surface area contributed by atoms with E-state index < -0.39 is 5.60 Å². The Bertz CT molecular complexity index is 614. The van der Waals surface area contributed by atoms with Crippen LogP contribution in [0.4, 0.5) is 0 Å². The van der Waals surface area contributed by atoms with E-state index in [-0.39, 0.29) is 11.8 Å². The van der Waals surface area contributed by atoms with Crippen LogP contribution in [-0.2, 0) is 4.79 Å². The van der Waals surface area contributed by atoms with E-state index in [1.54, 1.807) is 18.2 Å². The molecule has 0 aliphatic heterocycles. The molecule has 5 heteroatoms. The third-order valence-electron chi connectivity index (χ3n) is 4.39. The maximum absolute atomic E-state index is 11.9. The summed E-state index contributed by atoms with van der Waals surface area (Å²) in [6, 6.07) is 7.48. The molecule has 122 valence electrons. The minimum Gasteiger partial charge on any atom is -0.388 e. The summed E-state index contributed by atoms with van der Waals surface area (Å²) >= 11 is 0. The molecule has 0 bridgehead atoms. The monoisotopic (exact) mass is 314 g/mol. The van der Waals surface area contributed by atoms with E-state index in [1.165, 1.54) is 6.08 Å². The topological polar surface area (TPSA) is 78.4 Å². The van der Waals surface area contributed by atoms with Crippen LogP contribution in [0, 0.1) is 0 Å². The van der Waals surface area contributed by atoms with Crippen molar-refractivity contribution < 1.29 is 14.7 Å². The number of nitrogens with one attached hydrogen (secondary N) is 2. The summed E-state index contributed by atoms with van der Waals surface area (Å²) in [6.45, 7) is 0.302. The molecular formula is C18H22N2O3. The highest BCUT2D eigenvalue weighted by Gasteiger charge is 2.34. The van der Waals surface area contributed by atoms with Crippen molar-refractivity contribution >= 4 is 17.9 Å². The van der Waals surface area contributed by atoms with Crippen LogP contribution in [0.25, 0.3) is 6.08 Å². The van der Waals surface area contributed by atoms with Gasteiger partial charge in [0, 0.05) is 24.2 Å². The lowest BCUT2D eigenvalue weighted by molar-refractivity contribution is -0.118. The van der Waals surface area contributed by atoms with Gasteiger partial charge in [0.05, 0.1) is 5.60 Å². The molecule has 1 aromatic carbocycles. The Balaban J connectivity index is 1.48. The second kappa shape index (κ2) is 6.54. The number of amides is 2. The summed E-state index contributed by atoms with van der Waals surface area (Å²) in [4.78, 5) is 23.6. The van der Waals surface area contributed by atoms with Gasteiger partial charge in [0.25, 0.3) is 5.91 Å². The Morgan fingerprint density at radius 2 is 1.91 bits per heavy atom. The number of carbonyl (C=O) groups excluding carboxylic acids is 2. The predicted octanol–water partition coefficient (Wildman–Crippen LogP) is 1.62. The second-order valence-corrected chi connectivity index (χ2v) is 6.50. The molecule has 0 saturated heterocycles. The second-order valence-electron chi connectivity index (χ2n) is 6.50. The number of carbonyl (C=O) groups is 2. The van der Waals surface area contributed by atoms with Gasteiger partial charge in [0.1, 0.15) is 0 Å². The Hall–Kier alpha value is -2.14. The summed E-state index contributed by atoms with van der Waals surface area (Å²) in [5, 5.41) is 15.6. The van der Waals surface area contributed by atoms with Gasteiger partial charge in [-0.15, -0.1) is 0 Å². The van der Waals surface area contributed by atoms with Gasteiger partial charge in [-0.05, 0) is 55.9 Å². The van der Waals surface area contributed by atoms with Crippen molar-refractivity contribution in [3.63, 3.8) is 0 Å². The van der Waals surface area contributed by atoms with Crippen LogP contribution >= 0.6 is 0 Å². The molecule has 1 aromatic rings. The van der Waals surface area contributed by atoms with Crippen LogP contribution in [0.3, 0.4) is 0 Å². The minimum atomic E-state index is -0.708. The molecule has 2 aliphatic rings. The zero-order valence-corrected chi connectivity index (χ0v) is 13.0. The fourth-order valence-corrected chi connectivity index (χ4v) is 2.49. The summed E-state index contributed by atoms with van der Waals surface area (Å²) in [6.07, 6.45) is 7.79. The first-order chi connectivity index (χ1) is 11.0. The van der Waals surface area contributed by atoms with Gasteiger partial charge in [-0.25, -0.2) is 0 Å². The van der Waals surface area contributed by atoms with Gasteiger partial charge < -0.3 is 15.7 Å². The smallest absolute Gasteiger partial charge is 0.251 e. The molecule has 0 spiro atoms. The maximum atomic E-state index is 11.9. The van der Waals surface area contributed by atoms with Crippen molar-refractivity contribution in [3.8, 4) is 0 Å². The third kappa shape index (κ3) is 4.42. The first kappa shape index (κ1) is 15.7. The Morgan fingerprint density at radius 1 is 1.22 bits per heavy atom. The van der Waals surface area contributed by atoms with Crippen LogP contribution in [-0.4, -0.2) is 35.1 Å². The van der Waals surface area contributed by atoms with E-state index in [4.69, 9.17) is 0 Å². The lowest BCUT2D eigenvalue weighted by Crippen LogP contribution is -2.47. The van der Waals surface area contributed by atoms with Crippen LogP contribution in [0.15, 0.2) is 30.3 Å². The molecule has 0 aromatic heterocycles. The number of hydrogen-bond acceptors (Lipinski definition) is 3. The molecule has 0 heterocycles. The SMILES string of the molecule is O=C(C=Cc1ccc(C(=O)NC2CC2)cc1)NCC1(O)CCC1. The average Bonchev–Trinajstić information content (AvgIpc) is 3.33. The Morgan fingerprint density at radius 3 is 2.48 bits per heavy atom. The normalized spacial score (nSPS) is 19.2. The third-order valence-corrected chi connectivity index (χ3v) is 4.39. The lowest BCUT2D eigenvalue weighted by atomic mass is 9.80. The molecule has 2 saturated carbocycles. The van der Waals surface area contributed by atoms with Crippen molar-refractivity contribution in [2.45, 2.75) is 43.7 Å². The van der Waals surface area contributed by atoms with Crippen molar-refractivity contribution in [2.24, 2.45) is 0 Å². The molecule has 0 unspecified atom stereocenters. The number of benzene rings is 1. The number of rotatable bonds is 6. The molecular weight excluding hydrogens is 292 g/mol. The van der Waals surface area contributed by atoms with Crippen molar-refractivity contribution in [3.05, 3.63) is 41.5 Å². The number of aliphatic hydroxyl groups is 1. The Kier molecular flexibility index (Phi) is 4.48. The van der Waals surface area contributed by atoms with E-state index in [9.17, 15) is 14.7 Å². The summed E-state index contributed by atoms with van der Waals surface area (Å²) in [7, 11) is 0. The van der Waals surface area contributed by atoms with E-state index in [2.05, 4.69) is 10.6 Å². The highest BCUT2D eigenvalue weighted by Crippen LogP contribution is 2.30. The van der Waals surface area contributed by atoms with Gasteiger partial charge in [-0.3, -0.25) is 9.59 Å². The maximum Gasteiger partial charge on any atom is 0.251 e. The highest BCUT2D eigenvalue weighted by molar-refractivity contribution is 5.95. The first-order valence-corrected chi connectivity index (χ1v) is 8.13. The van der Waals surface area contributed by atoms with Gasteiger partial charge in [-0.2, -0.15) is 0 Å². The zero-order chi connectivity index (χ0) is 16.3. The van der Waals surface area contributed by atoms with E-state index in [0.717, 1.165) is 37.7 Å². The lowest BCUT2D eigenvalue weighted by Gasteiger charge is -2.36. The molecule has 0 atom stereocenters. The summed E-state index contributed by atoms with van der Waals surface area (Å²) in [5.74, 6) is -0.268. The van der Waals surface area contributed by atoms with Crippen molar-refractivity contribution in [1.29, 1.82) is 0 Å². The van der Waals surface area contributed by atoms with Crippen LogP contribution in [0.1, 0.15) is 48.0 Å². The fourth-order valence-electron chi connectivity index (χ4n) is 2.49. The van der Waals surface area contributed by atoms with Crippen LogP contribution < -0.4 is 10.6 Å². The molecule has 23 heavy (non-hydrogen) atoms. The highest BCUT2D eigenvalue weighted by atomic mass is 16.3. The minimum absolute atomic E-state index is 0.0467. The molecule has 0 radical (unpaired) electrons. The van der Waals surface area contributed by atoms with E-state index in [1.807, 2.05) is 12.1 Å². The standard InChI is InChI=1S/C18H22N2O3/c21-16(19-12-18(23)10-1-11-18)9-4-13-2-5-14(6-3-13)17(22)20-15-7-8-15/h2-6,9,15,23H,1,7-8,10-12H2,(H,19,21)(H,20,22). The summed E-state index contributed by atoms with van der Waals surface area (Å²) < 4.78 is 0. The average molecular weight is 314 g/mol. The molecule has 3 N–H and O–H groups in total. The molecule has 3 rings (SSSR count). The molecule has 2 fully saturated rings. The van der Waals surface area contributed by atoms with Gasteiger partial charge in [0.15, 0.2) is 0 Å². The van der Waals surface area contributed by atoms with E-state index in [0.29, 0.717) is 18.2 Å². The van der Waals surface area contributed by atoms with Crippen LogP contribution in [0.2, 0.25) is 0 Å². The summed E-state index contributed by atoms with van der Waals surface area (Å²) in [5.41, 5.74) is 0.774. The van der Waals surface area contributed by atoms with Gasteiger partial charge in [0.2, 0.25) is 5.91 Å². The molecule has 2 aliphatic carbocycles. The van der Waals surface area contributed by atoms with Gasteiger partial charge in [-0.1, -0.05) is 12.1 Å².